The number of carbonyl (C=O) groups excluding carboxylic acids is 1. The minimum absolute atomic E-state index is 0.124. The van der Waals surface area contributed by atoms with E-state index >= 15 is 0 Å². The molecule has 1 unspecified atom stereocenters. The van der Waals surface area contributed by atoms with Crippen LogP contribution in [0.5, 0.6) is 5.75 Å². The molecule has 0 spiro atoms. The van der Waals surface area contributed by atoms with Crippen LogP contribution < -0.4 is 10.1 Å². The van der Waals surface area contributed by atoms with Crippen molar-refractivity contribution in [1.82, 2.24) is 4.90 Å². The summed E-state index contributed by atoms with van der Waals surface area (Å²) in [6, 6.07) is 15.5. The topological polar surface area (TPSA) is 50.8 Å². The average molecular weight is 395 g/mol. The molecule has 2 aliphatic heterocycles. The molecule has 0 saturated carbocycles. The zero-order chi connectivity index (χ0) is 19.9. The van der Waals surface area contributed by atoms with Gasteiger partial charge < -0.3 is 19.7 Å². The molecule has 5 heteroatoms. The van der Waals surface area contributed by atoms with E-state index in [1.54, 1.807) is 6.07 Å². The first kappa shape index (κ1) is 19.9. The fourth-order valence-electron chi connectivity index (χ4n) is 4.04. The summed E-state index contributed by atoms with van der Waals surface area (Å²) in [5.74, 6) is 0.454. The Hall–Kier alpha value is -2.37. The van der Waals surface area contributed by atoms with Crippen molar-refractivity contribution in [2.24, 2.45) is 0 Å². The highest BCUT2D eigenvalue weighted by molar-refractivity contribution is 6.06. The summed E-state index contributed by atoms with van der Waals surface area (Å²) in [5, 5.41) is 3.03. The molecule has 1 N–H and O–H groups in total. The van der Waals surface area contributed by atoms with Gasteiger partial charge in [-0.05, 0) is 75.0 Å². The van der Waals surface area contributed by atoms with Gasteiger partial charge >= 0.3 is 0 Å². The van der Waals surface area contributed by atoms with Crippen LogP contribution >= 0.6 is 0 Å². The smallest absolute Gasteiger partial charge is 0.259 e. The number of ether oxygens (including phenoxy) is 2. The maximum absolute atomic E-state index is 12.9. The van der Waals surface area contributed by atoms with E-state index in [-0.39, 0.29) is 12.0 Å². The lowest BCUT2D eigenvalue weighted by Crippen LogP contribution is -2.22. The molecule has 5 nitrogen and oxygen atoms in total. The molecule has 2 aromatic rings. The predicted octanol–water partition coefficient (Wildman–Crippen LogP) is 4.14. The van der Waals surface area contributed by atoms with Crippen LogP contribution in [0, 0.1) is 0 Å². The molecule has 1 amide bonds. The zero-order valence-electron chi connectivity index (χ0n) is 16.9. The molecule has 2 heterocycles. The van der Waals surface area contributed by atoms with Crippen LogP contribution in [0.1, 0.15) is 41.6 Å². The fraction of sp³-hybridized carbons (Fsp3) is 0.458. The summed E-state index contributed by atoms with van der Waals surface area (Å²) < 4.78 is 11.5. The number of likely N-dealkylation sites (tertiary alicyclic amines) is 1. The van der Waals surface area contributed by atoms with Gasteiger partial charge in [0.05, 0.1) is 11.7 Å². The zero-order valence-corrected chi connectivity index (χ0v) is 16.9. The van der Waals surface area contributed by atoms with Crippen molar-refractivity contribution in [1.29, 1.82) is 0 Å². The standard InChI is InChI=1S/C24H30N2O3/c27-24(22-10-1-2-11-23(22)29-18-21-9-6-16-28-21)25-20-8-5-7-19(17-20)12-15-26-13-3-4-14-26/h1-2,5,7-8,10-11,17,21H,3-4,6,9,12-16,18H2,(H,25,27). The van der Waals surface area contributed by atoms with Gasteiger partial charge in [0.25, 0.3) is 5.91 Å². The molecule has 0 radical (unpaired) electrons. The third-order valence-electron chi connectivity index (χ3n) is 5.68. The molecular weight excluding hydrogens is 364 g/mol. The van der Waals surface area contributed by atoms with E-state index in [9.17, 15) is 4.79 Å². The van der Waals surface area contributed by atoms with Crippen LogP contribution in [0.3, 0.4) is 0 Å². The normalized spacial score (nSPS) is 19.4. The van der Waals surface area contributed by atoms with Gasteiger partial charge in [0, 0.05) is 18.8 Å². The van der Waals surface area contributed by atoms with E-state index in [0.29, 0.717) is 17.9 Å². The van der Waals surface area contributed by atoms with Crippen LogP contribution in [0.15, 0.2) is 48.5 Å². The van der Waals surface area contributed by atoms with E-state index in [1.165, 1.54) is 31.5 Å². The number of benzene rings is 2. The first-order chi connectivity index (χ1) is 14.3. The van der Waals surface area contributed by atoms with Crippen molar-refractivity contribution >= 4 is 11.6 Å². The minimum Gasteiger partial charge on any atom is -0.490 e. The van der Waals surface area contributed by atoms with Crippen LogP contribution in [-0.2, 0) is 11.2 Å². The number of para-hydroxylation sites is 1. The third kappa shape index (κ3) is 5.58. The molecule has 154 valence electrons. The van der Waals surface area contributed by atoms with Crippen molar-refractivity contribution < 1.29 is 14.3 Å². The second-order valence-corrected chi connectivity index (χ2v) is 7.90. The van der Waals surface area contributed by atoms with Crippen LogP contribution in [0.4, 0.5) is 5.69 Å². The summed E-state index contributed by atoms with van der Waals surface area (Å²) >= 11 is 0. The summed E-state index contributed by atoms with van der Waals surface area (Å²) in [6.45, 7) is 4.77. The Bertz CT molecular complexity index is 811. The molecular formula is C24H30N2O3. The minimum atomic E-state index is -0.148. The van der Waals surface area contributed by atoms with Gasteiger partial charge in [0.2, 0.25) is 0 Å². The lowest BCUT2D eigenvalue weighted by atomic mass is 10.1. The van der Waals surface area contributed by atoms with Gasteiger partial charge in [-0.3, -0.25) is 4.79 Å². The van der Waals surface area contributed by atoms with Gasteiger partial charge in [-0.1, -0.05) is 24.3 Å². The number of hydrogen-bond donors (Lipinski definition) is 1. The van der Waals surface area contributed by atoms with Crippen molar-refractivity contribution in [2.75, 3.05) is 38.2 Å². The van der Waals surface area contributed by atoms with Gasteiger partial charge in [-0.2, -0.15) is 0 Å². The molecule has 1 atom stereocenters. The highest BCUT2D eigenvalue weighted by atomic mass is 16.5. The fourth-order valence-corrected chi connectivity index (χ4v) is 4.04. The Morgan fingerprint density at radius 3 is 2.79 bits per heavy atom. The first-order valence-electron chi connectivity index (χ1n) is 10.7. The maximum atomic E-state index is 12.9. The molecule has 0 aromatic heterocycles. The summed E-state index contributed by atoms with van der Waals surface area (Å²) in [4.78, 5) is 15.4. The molecule has 29 heavy (non-hydrogen) atoms. The quantitative estimate of drug-likeness (QED) is 0.731. The second-order valence-electron chi connectivity index (χ2n) is 7.90. The van der Waals surface area contributed by atoms with E-state index < -0.39 is 0 Å². The predicted molar refractivity (Wildman–Crippen MR) is 115 cm³/mol. The van der Waals surface area contributed by atoms with Crippen molar-refractivity contribution in [3.8, 4) is 5.75 Å². The number of rotatable bonds is 8. The average Bonchev–Trinajstić information content (AvgIpc) is 3.45. The Morgan fingerprint density at radius 1 is 1.10 bits per heavy atom. The van der Waals surface area contributed by atoms with Gasteiger partial charge in [-0.15, -0.1) is 0 Å². The second kappa shape index (κ2) is 9.90. The summed E-state index contributed by atoms with van der Waals surface area (Å²) in [7, 11) is 0. The molecule has 4 rings (SSSR count). The SMILES string of the molecule is O=C(Nc1cccc(CCN2CCCC2)c1)c1ccccc1OCC1CCCO1. The number of hydrogen-bond acceptors (Lipinski definition) is 4. The Morgan fingerprint density at radius 2 is 1.97 bits per heavy atom. The van der Waals surface area contributed by atoms with Crippen LogP contribution in [0.2, 0.25) is 0 Å². The molecule has 2 fully saturated rings. The van der Waals surface area contributed by atoms with Crippen molar-refractivity contribution in [2.45, 2.75) is 38.2 Å². The largest absolute Gasteiger partial charge is 0.490 e. The third-order valence-corrected chi connectivity index (χ3v) is 5.68. The molecule has 0 aliphatic carbocycles. The number of amides is 1. The Labute approximate surface area is 173 Å². The molecule has 0 bridgehead atoms. The van der Waals surface area contributed by atoms with Gasteiger partial charge in [-0.25, -0.2) is 0 Å². The van der Waals surface area contributed by atoms with Gasteiger partial charge in [0.1, 0.15) is 12.4 Å². The lowest BCUT2D eigenvalue weighted by Gasteiger charge is -2.16. The first-order valence-corrected chi connectivity index (χ1v) is 10.7. The summed E-state index contributed by atoms with van der Waals surface area (Å²) in [5.41, 5.74) is 2.62. The highest BCUT2D eigenvalue weighted by Crippen LogP contribution is 2.22. The van der Waals surface area contributed by atoms with E-state index in [0.717, 1.165) is 38.1 Å². The van der Waals surface area contributed by atoms with Crippen molar-refractivity contribution in [3.63, 3.8) is 0 Å². The van der Waals surface area contributed by atoms with E-state index in [4.69, 9.17) is 9.47 Å². The number of nitrogens with one attached hydrogen (secondary N) is 1. The van der Waals surface area contributed by atoms with Crippen LogP contribution in [0.25, 0.3) is 0 Å². The lowest BCUT2D eigenvalue weighted by molar-refractivity contribution is 0.0673. The molecule has 2 aromatic carbocycles. The Balaban J connectivity index is 1.36. The number of carbonyl (C=O) groups is 1. The van der Waals surface area contributed by atoms with E-state index in [1.807, 2.05) is 30.3 Å². The summed E-state index contributed by atoms with van der Waals surface area (Å²) in [6.07, 6.45) is 5.83. The monoisotopic (exact) mass is 394 g/mol. The maximum Gasteiger partial charge on any atom is 0.259 e. The van der Waals surface area contributed by atoms with E-state index in [2.05, 4.69) is 22.3 Å². The number of nitrogens with zero attached hydrogens (tertiary/aromatic N) is 1. The van der Waals surface area contributed by atoms with Crippen molar-refractivity contribution in [3.05, 3.63) is 59.7 Å². The van der Waals surface area contributed by atoms with Gasteiger partial charge in [0.15, 0.2) is 0 Å². The number of anilines is 1. The Kier molecular flexibility index (Phi) is 6.80. The molecule has 2 aliphatic rings. The van der Waals surface area contributed by atoms with Crippen LogP contribution in [-0.4, -0.2) is 49.8 Å². The molecule has 2 saturated heterocycles. The highest BCUT2D eigenvalue weighted by Gasteiger charge is 2.18.